The van der Waals surface area contributed by atoms with Crippen molar-refractivity contribution in [3.63, 3.8) is 0 Å². The Labute approximate surface area is 167 Å². The molecule has 0 saturated carbocycles. The second kappa shape index (κ2) is 8.23. The highest BCUT2D eigenvalue weighted by Crippen LogP contribution is 2.26. The number of aryl methyl sites for hydroxylation is 1. The molecule has 2 aromatic heterocycles. The van der Waals surface area contributed by atoms with E-state index >= 15 is 0 Å². The summed E-state index contributed by atoms with van der Waals surface area (Å²) in [4.78, 5) is 21.1. The van der Waals surface area contributed by atoms with Gasteiger partial charge >= 0.3 is 0 Å². The number of likely N-dealkylation sites (tertiary alicyclic amines) is 1. The van der Waals surface area contributed by atoms with Crippen molar-refractivity contribution in [3.05, 3.63) is 57.5 Å². The van der Waals surface area contributed by atoms with Gasteiger partial charge in [-0.15, -0.1) is 22.7 Å². The summed E-state index contributed by atoms with van der Waals surface area (Å²) in [6.45, 7) is 4.70. The Bertz CT molecular complexity index is 985. The van der Waals surface area contributed by atoms with Gasteiger partial charge in [-0.1, -0.05) is 24.3 Å². The number of hydrogen-bond acceptors (Lipinski definition) is 4. The lowest BCUT2D eigenvalue weighted by atomic mass is 10.2. The largest absolute Gasteiger partial charge is 0.343 e. The van der Waals surface area contributed by atoms with Crippen molar-refractivity contribution in [3.8, 4) is 10.6 Å². The fourth-order valence-electron chi connectivity index (χ4n) is 3.41. The van der Waals surface area contributed by atoms with E-state index in [4.69, 9.17) is 4.99 Å². The van der Waals surface area contributed by atoms with Gasteiger partial charge in [0.05, 0.1) is 16.3 Å². The number of hydrogen-bond donors (Lipinski definition) is 0. The number of carbonyl (C=O) groups is 1. The van der Waals surface area contributed by atoms with Crippen LogP contribution < -0.4 is 4.80 Å². The van der Waals surface area contributed by atoms with E-state index in [2.05, 4.69) is 46.5 Å². The number of aromatic nitrogens is 1. The molecule has 27 heavy (non-hydrogen) atoms. The van der Waals surface area contributed by atoms with Crippen molar-refractivity contribution < 1.29 is 4.79 Å². The van der Waals surface area contributed by atoms with Gasteiger partial charge in [0.25, 0.3) is 0 Å². The van der Waals surface area contributed by atoms with Gasteiger partial charge in [0.15, 0.2) is 4.80 Å². The minimum absolute atomic E-state index is 0.300. The first-order valence-electron chi connectivity index (χ1n) is 9.33. The van der Waals surface area contributed by atoms with Crippen LogP contribution >= 0.6 is 22.7 Å². The third kappa shape index (κ3) is 4.06. The van der Waals surface area contributed by atoms with E-state index in [-0.39, 0.29) is 0 Å². The molecule has 1 amide bonds. The second-order valence-corrected chi connectivity index (χ2v) is 8.55. The first-order valence-corrected chi connectivity index (χ1v) is 11.1. The summed E-state index contributed by atoms with van der Waals surface area (Å²) in [7, 11) is 0. The summed E-state index contributed by atoms with van der Waals surface area (Å²) < 4.78 is 2.31. The lowest BCUT2D eigenvalue weighted by molar-refractivity contribution is -0.127. The number of benzene rings is 1. The van der Waals surface area contributed by atoms with Gasteiger partial charge in [-0.3, -0.25) is 4.79 Å². The zero-order chi connectivity index (χ0) is 18.6. The Kier molecular flexibility index (Phi) is 5.55. The summed E-state index contributed by atoms with van der Waals surface area (Å²) in [6.07, 6.45) is 2.65. The number of thiazole rings is 1. The molecule has 0 N–H and O–H groups in total. The Morgan fingerprint density at radius 2 is 2.00 bits per heavy atom. The van der Waals surface area contributed by atoms with Crippen LogP contribution in [0.4, 0.5) is 5.69 Å². The molecular formula is C21H23N3OS2. The maximum absolute atomic E-state index is 11.9. The highest BCUT2D eigenvalue weighted by Gasteiger charge is 2.19. The Morgan fingerprint density at radius 1 is 1.11 bits per heavy atom. The number of carbonyl (C=O) groups excluding carboxylic acids is 1. The molecule has 0 spiro atoms. The van der Waals surface area contributed by atoms with Crippen molar-refractivity contribution in [1.82, 2.24) is 9.47 Å². The zero-order valence-corrected chi connectivity index (χ0v) is 17.1. The SMILES string of the molecule is Cc1ccccc1N=c1scc(-c2cccs2)n1CCCN1CCCC1=O. The van der Waals surface area contributed by atoms with Gasteiger partial charge in [-0.25, -0.2) is 4.99 Å². The van der Waals surface area contributed by atoms with Crippen molar-refractivity contribution in [2.24, 2.45) is 4.99 Å². The molecule has 0 unspecified atom stereocenters. The second-order valence-electron chi connectivity index (χ2n) is 6.77. The molecule has 1 aromatic carbocycles. The molecule has 0 radical (unpaired) electrons. The minimum Gasteiger partial charge on any atom is -0.343 e. The molecule has 1 fully saturated rings. The van der Waals surface area contributed by atoms with Crippen LogP contribution in [0.1, 0.15) is 24.8 Å². The lowest BCUT2D eigenvalue weighted by Gasteiger charge is -2.16. The van der Waals surface area contributed by atoms with Gasteiger partial charge < -0.3 is 9.47 Å². The molecule has 3 aromatic rings. The first-order chi connectivity index (χ1) is 13.2. The molecule has 140 valence electrons. The van der Waals surface area contributed by atoms with Gasteiger partial charge in [-0.05, 0) is 42.8 Å². The Morgan fingerprint density at radius 3 is 2.74 bits per heavy atom. The maximum Gasteiger partial charge on any atom is 0.222 e. The first kappa shape index (κ1) is 18.2. The normalized spacial score (nSPS) is 15.1. The van der Waals surface area contributed by atoms with E-state index in [1.54, 1.807) is 22.7 Å². The van der Waals surface area contributed by atoms with Crippen LogP contribution in [0, 0.1) is 6.92 Å². The van der Waals surface area contributed by atoms with Crippen molar-refractivity contribution >= 4 is 34.3 Å². The highest BCUT2D eigenvalue weighted by atomic mass is 32.1. The number of amides is 1. The average molecular weight is 398 g/mol. The molecule has 4 rings (SSSR count). The van der Waals surface area contributed by atoms with Gasteiger partial charge in [0, 0.05) is 31.4 Å². The van der Waals surface area contributed by atoms with Crippen molar-refractivity contribution in [1.29, 1.82) is 0 Å². The molecule has 1 aliphatic heterocycles. The predicted molar refractivity (Wildman–Crippen MR) is 112 cm³/mol. The summed E-state index contributed by atoms with van der Waals surface area (Å²) in [5.74, 6) is 0.300. The zero-order valence-electron chi connectivity index (χ0n) is 15.4. The van der Waals surface area contributed by atoms with Crippen LogP contribution in [0.15, 0.2) is 52.2 Å². The van der Waals surface area contributed by atoms with E-state index in [9.17, 15) is 4.79 Å². The Hall–Kier alpha value is -2.18. The average Bonchev–Trinajstić information content (AvgIpc) is 3.40. The molecular weight excluding hydrogens is 374 g/mol. The smallest absolute Gasteiger partial charge is 0.222 e. The number of para-hydroxylation sites is 1. The Balaban J connectivity index is 1.63. The van der Waals surface area contributed by atoms with Gasteiger partial charge in [0.2, 0.25) is 5.91 Å². The van der Waals surface area contributed by atoms with E-state index in [1.807, 2.05) is 17.0 Å². The van der Waals surface area contributed by atoms with Crippen LogP contribution in [-0.4, -0.2) is 28.5 Å². The molecule has 6 heteroatoms. The number of thiophene rings is 1. The van der Waals surface area contributed by atoms with Gasteiger partial charge in [-0.2, -0.15) is 0 Å². The maximum atomic E-state index is 11.9. The number of nitrogens with zero attached hydrogens (tertiary/aromatic N) is 3. The van der Waals surface area contributed by atoms with Crippen LogP contribution in [0.2, 0.25) is 0 Å². The lowest BCUT2D eigenvalue weighted by Crippen LogP contribution is -2.27. The van der Waals surface area contributed by atoms with E-state index in [1.165, 1.54) is 16.1 Å². The molecule has 3 heterocycles. The molecule has 1 saturated heterocycles. The van der Waals surface area contributed by atoms with Crippen LogP contribution in [0.5, 0.6) is 0 Å². The predicted octanol–water partition coefficient (Wildman–Crippen LogP) is 4.83. The molecule has 4 nitrogen and oxygen atoms in total. The van der Waals surface area contributed by atoms with Crippen molar-refractivity contribution in [2.45, 2.75) is 32.7 Å². The topological polar surface area (TPSA) is 37.6 Å². The van der Waals surface area contributed by atoms with Gasteiger partial charge in [0.1, 0.15) is 0 Å². The minimum atomic E-state index is 0.300. The summed E-state index contributed by atoms with van der Waals surface area (Å²) in [5.41, 5.74) is 3.41. The van der Waals surface area contributed by atoms with Crippen molar-refractivity contribution in [2.75, 3.05) is 13.1 Å². The molecule has 0 bridgehead atoms. The van der Waals surface area contributed by atoms with E-state index in [0.29, 0.717) is 12.3 Å². The third-order valence-corrected chi connectivity index (χ3v) is 6.64. The van der Waals surface area contributed by atoms with E-state index < -0.39 is 0 Å². The molecule has 0 atom stereocenters. The van der Waals surface area contributed by atoms with Crippen LogP contribution in [0.3, 0.4) is 0 Å². The monoisotopic (exact) mass is 397 g/mol. The fourth-order valence-corrected chi connectivity index (χ4v) is 5.17. The molecule has 0 aliphatic carbocycles. The standard InChI is InChI=1S/C21H23N3OS2/c1-16-7-2-3-8-17(16)22-21-24(13-6-12-23-11-4-10-20(23)25)18(15-27-21)19-9-5-14-26-19/h2-3,5,7-9,14-15H,4,6,10-13H2,1H3. The third-order valence-electron chi connectivity index (χ3n) is 4.88. The summed E-state index contributed by atoms with van der Waals surface area (Å²) >= 11 is 3.44. The van der Waals surface area contributed by atoms with Crippen LogP contribution in [-0.2, 0) is 11.3 Å². The number of rotatable bonds is 6. The summed E-state index contributed by atoms with van der Waals surface area (Å²) in [6, 6.07) is 12.5. The quantitative estimate of drug-likeness (QED) is 0.587. The summed E-state index contributed by atoms with van der Waals surface area (Å²) in [5, 5.41) is 4.31. The fraction of sp³-hybridized carbons (Fsp3) is 0.333. The molecule has 1 aliphatic rings. The van der Waals surface area contributed by atoms with Crippen LogP contribution in [0.25, 0.3) is 10.6 Å². The van der Waals surface area contributed by atoms with E-state index in [0.717, 1.165) is 43.0 Å². The highest BCUT2D eigenvalue weighted by molar-refractivity contribution is 7.14.